The molecule has 0 aliphatic carbocycles. The Morgan fingerprint density at radius 2 is 1.52 bits per heavy atom. The Balaban J connectivity index is 1.59. The first-order valence-electron chi connectivity index (χ1n) is 12.5. The molecule has 5 rings (SSSR count). The van der Waals surface area contributed by atoms with Crippen LogP contribution >= 0.6 is 0 Å². The maximum absolute atomic E-state index is 13.9. The van der Waals surface area contributed by atoms with Crippen molar-refractivity contribution in [1.29, 1.82) is 0 Å². The van der Waals surface area contributed by atoms with Gasteiger partial charge >= 0.3 is 0 Å². The van der Waals surface area contributed by atoms with Gasteiger partial charge < -0.3 is 30.2 Å². The van der Waals surface area contributed by atoms with Crippen LogP contribution < -0.4 is 30.2 Å². The summed E-state index contributed by atoms with van der Waals surface area (Å²) in [5, 5.41) is 13.7. The van der Waals surface area contributed by atoms with Crippen molar-refractivity contribution in [3.63, 3.8) is 0 Å². The highest BCUT2D eigenvalue weighted by molar-refractivity contribution is 6.09. The van der Waals surface area contributed by atoms with Crippen LogP contribution in [0.2, 0.25) is 0 Å². The van der Waals surface area contributed by atoms with Crippen LogP contribution in [0.15, 0.2) is 90.3 Å². The summed E-state index contributed by atoms with van der Waals surface area (Å²) in [4.78, 5) is 27.1. The predicted molar refractivity (Wildman–Crippen MR) is 152 cm³/mol. The lowest BCUT2D eigenvalue weighted by Gasteiger charge is -2.30. The van der Waals surface area contributed by atoms with Crippen LogP contribution in [0.1, 0.15) is 28.9 Å². The Kier molecular flexibility index (Phi) is 7.41. The van der Waals surface area contributed by atoms with Crippen LogP contribution in [0.25, 0.3) is 0 Å². The SMILES string of the molecule is COc1ccccc1NC(=O)C1=C(C)Nc2c(C(=O)Nc3ccccc3)cnn2[C@@H]1c1ccc(OC)c(OC)c1. The van der Waals surface area contributed by atoms with E-state index in [9.17, 15) is 9.59 Å². The van der Waals surface area contributed by atoms with E-state index in [4.69, 9.17) is 14.2 Å². The van der Waals surface area contributed by atoms with Crippen molar-refractivity contribution in [2.45, 2.75) is 13.0 Å². The number of carbonyl (C=O) groups excluding carboxylic acids is 2. The summed E-state index contributed by atoms with van der Waals surface area (Å²) in [5.41, 5.74) is 3.19. The molecule has 0 saturated carbocycles. The molecule has 2 amide bonds. The number of amides is 2. The third kappa shape index (κ3) is 4.94. The van der Waals surface area contributed by atoms with E-state index in [2.05, 4.69) is 21.0 Å². The van der Waals surface area contributed by atoms with E-state index in [1.54, 1.807) is 69.3 Å². The van der Waals surface area contributed by atoms with Crippen LogP contribution in [0.4, 0.5) is 17.2 Å². The molecule has 0 bridgehead atoms. The third-order valence-corrected chi connectivity index (χ3v) is 6.62. The lowest BCUT2D eigenvalue weighted by molar-refractivity contribution is -0.113. The van der Waals surface area contributed by atoms with Crippen molar-refractivity contribution >= 4 is 29.0 Å². The first-order chi connectivity index (χ1) is 19.4. The van der Waals surface area contributed by atoms with E-state index in [-0.39, 0.29) is 11.8 Å². The van der Waals surface area contributed by atoms with Gasteiger partial charge in [0.15, 0.2) is 11.5 Å². The average molecular weight is 540 g/mol. The number of methoxy groups -OCH3 is 3. The van der Waals surface area contributed by atoms with Gasteiger partial charge in [-0.2, -0.15) is 5.10 Å². The number of nitrogens with zero attached hydrogens (tertiary/aromatic N) is 2. The van der Waals surface area contributed by atoms with E-state index in [1.165, 1.54) is 6.20 Å². The molecule has 1 aliphatic heterocycles. The minimum absolute atomic E-state index is 0.331. The molecular weight excluding hydrogens is 510 g/mol. The summed E-state index contributed by atoms with van der Waals surface area (Å²) in [6.07, 6.45) is 1.49. The Morgan fingerprint density at radius 3 is 2.25 bits per heavy atom. The van der Waals surface area contributed by atoms with Gasteiger partial charge in [-0.3, -0.25) is 9.59 Å². The third-order valence-electron chi connectivity index (χ3n) is 6.62. The lowest BCUT2D eigenvalue weighted by atomic mass is 9.94. The molecule has 3 N–H and O–H groups in total. The van der Waals surface area contributed by atoms with E-state index in [0.717, 1.165) is 0 Å². The zero-order valence-corrected chi connectivity index (χ0v) is 22.5. The summed E-state index contributed by atoms with van der Waals surface area (Å²) >= 11 is 0. The average Bonchev–Trinajstić information content (AvgIpc) is 3.40. The number of anilines is 3. The van der Waals surface area contributed by atoms with Gasteiger partial charge in [0.1, 0.15) is 23.2 Å². The van der Waals surface area contributed by atoms with Gasteiger partial charge in [-0.05, 0) is 48.9 Å². The van der Waals surface area contributed by atoms with E-state index in [0.29, 0.717) is 56.8 Å². The maximum Gasteiger partial charge on any atom is 0.261 e. The van der Waals surface area contributed by atoms with Gasteiger partial charge in [-0.25, -0.2) is 4.68 Å². The Bertz CT molecular complexity index is 1600. The molecule has 0 radical (unpaired) electrons. The highest BCUT2D eigenvalue weighted by Gasteiger charge is 2.36. The molecule has 1 aromatic heterocycles. The fourth-order valence-corrected chi connectivity index (χ4v) is 4.70. The molecule has 0 saturated heterocycles. The van der Waals surface area contributed by atoms with Gasteiger partial charge in [0, 0.05) is 11.4 Å². The monoisotopic (exact) mass is 539 g/mol. The van der Waals surface area contributed by atoms with E-state index >= 15 is 0 Å². The smallest absolute Gasteiger partial charge is 0.261 e. The highest BCUT2D eigenvalue weighted by atomic mass is 16.5. The van der Waals surface area contributed by atoms with Gasteiger partial charge in [-0.1, -0.05) is 36.4 Å². The second-order valence-corrected chi connectivity index (χ2v) is 9.01. The molecule has 1 atom stereocenters. The fraction of sp³-hybridized carbons (Fsp3) is 0.167. The van der Waals surface area contributed by atoms with Crippen molar-refractivity contribution in [1.82, 2.24) is 9.78 Å². The Labute approximate surface area is 231 Å². The fourth-order valence-electron chi connectivity index (χ4n) is 4.70. The lowest BCUT2D eigenvalue weighted by Crippen LogP contribution is -2.32. The van der Waals surface area contributed by atoms with Crippen molar-refractivity contribution < 1.29 is 23.8 Å². The van der Waals surface area contributed by atoms with Crippen LogP contribution in [0, 0.1) is 0 Å². The summed E-state index contributed by atoms with van der Waals surface area (Å²) in [7, 11) is 4.65. The number of hydrogen-bond acceptors (Lipinski definition) is 7. The van der Waals surface area contributed by atoms with Crippen molar-refractivity contribution in [2.75, 3.05) is 37.3 Å². The van der Waals surface area contributed by atoms with Gasteiger partial charge in [0.25, 0.3) is 11.8 Å². The van der Waals surface area contributed by atoms with E-state index < -0.39 is 6.04 Å². The number of fused-ring (bicyclic) bond motifs is 1. The number of ether oxygens (including phenoxy) is 3. The number of para-hydroxylation sites is 3. The maximum atomic E-state index is 13.9. The minimum Gasteiger partial charge on any atom is -0.495 e. The van der Waals surface area contributed by atoms with Crippen molar-refractivity contribution in [3.05, 3.63) is 101 Å². The zero-order chi connectivity index (χ0) is 28.2. The summed E-state index contributed by atoms with van der Waals surface area (Å²) < 4.78 is 18.0. The standard InChI is InChI=1S/C30H29N5O5/c1-18-26(30(37)34-22-12-8-9-13-23(22)38-2)27(19-14-15-24(39-3)25(16-19)40-4)35-28(32-18)21(17-31-35)29(36)33-20-10-6-5-7-11-20/h5-17,27,32H,1-4H3,(H,33,36)(H,34,37)/t27-/m1/s1. The largest absolute Gasteiger partial charge is 0.495 e. The van der Waals surface area contributed by atoms with Gasteiger partial charge in [0.2, 0.25) is 0 Å². The van der Waals surface area contributed by atoms with Gasteiger partial charge in [0.05, 0.1) is 38.8 Å². The van der Waals surface area contributed by atoms with Crippen LogP contribution in [-0.4, -0.2) is 42.9 Å². The molecule has 0 unspecified atom stereocenters. The molecular formula is C30H29N5O5. The summed E-state index contributed by atoms with van der Waals surface area (Å²) in [6.45, 7) is 1.79. The number of allylic oxidation sites excluding steroid dienone is 1. The molecule has 4 aromatic rings. The second kappa shape index (κ2) is 11.2. The molecule has 2 heterocycles. The quantitative estimate of drug-likeness (QED) is 0.286. The predicted octanol–water partition coefficient (Wildman–Crippen LogP) is 5.09. The normalized spacial score (nSPS) is 14.1. The number of hydrogen-bond donors (Lipinski definition) is 3. The molecule has 3 aromatic carbocycles. The number of benzene rings is 3. The molecule has 40 heavy (non-hydrogen) atoms. The number of aromatic nitrogens is 2. The first kappa shape index (κ1) is 26.4. The van der Waals surface area contributed by atoms with Crippen LogP contribution in [0.5, 0.6) is 17.2 Å². The van der Waals surface area contributed by atoms with Crippen molar-refractivity contribution in [3.8, 4) is 17.2 Å². The summed E-state index contributed by atoms with van der Waals surface area (Å²) in [5.74, 6) is 1.34. The molecule has 0 spiro atoms. The topological polar surface area (TPSA) is 116 Å². The number of nitrogens with one attached hydrogen (secondary N) is 3. The Hall–Kier alpha value is -5.25. The molecule has 0 fully saturated rings. The zero-order valence-electron chi connectivity index (χ0n) is 22.5. The second-order valence-electron chi connectivity index (χ2n) is 9.01. The van der Waals surface area contributed by atoms with Crippen molar-refractivity contribution in [2.24, 2.45) is 0 Å². The number of carbonyl (C=O) groups is 2. The molecule has 204 valence electrons. The highest BCUT2D eigenvalue weighted by Crippen LogP contribution is 2.41. The minimum atomic E-state index is -0.691. The molecule has 10 nitrogen and oxygen atoms in total. The van der Waals surface area contributed by atoms with Crippen LogP contribution in [0.3, 0.4) is 0 Å². The van der Waals surface area contributed by atoms with Crippen LogP contribution in [-0.2, 0) is 4.79 Å². The molecule has 1 aliphatic rings. The molecule has 10 heteroatoms. The van der Waals surface area contributed by atoms with Gasteiger partial charge in [-0.15, -0.1) is 0 Å². The summed E-state index contributed by atoms with van der Waals surface area (Å²) in [6, 6.07) is 21.1. The number of rotatable bonds is 8. The van der Waals surface area contributed by atoms with E-state index in [1.807, 2.05) is 36.4 Å². The Morgan fingerprint density at radius 1 is 0.825 bits per heavy atom. The first-order valence-corrected chi connectivity index (χ1v) is 12.5.